The van der Waals surface area contributed by atoms with Crippen molar-refractivity contribution < 1.29 is 14.3 Å². The van der Waals surface area contributed by atoms with Crippen LogP contribution in [0.3, 0.4) is 0 Å². The standard InChI is InChI=1S/C17H21NO3S/c1-5-20-17(19)15-12(4)18-16(22-15)13-6-8-14(9-7-13)21-10-11(2)3/h6-9,11H,5,10H2,1-4H3. The lowest BCUT2D eigenvalue weighted by Crippen LogP contribution is -2.04. The summed E-state index contributed by atoms with van der Waals surface area (Å²) in [4.78, 5) is 16.9. The van der Waals surface area contributed by atoms with E-state index in [1.165, 1.54) is 11.3 Å². The molecule has 22 heavy (non-hydrogen) atoms. The molecule has 0 bridgehead atoms. The molecule has 0 saturated heterocycles. The predicted molar refractivity (Wildman–Crippen MR) is 88.6 cm³/mol. The molecule has 0 amide bonds. The Labute approximate surface area is 135 Å². The second-order valence-electron chi connectivity index (χ2n) is 5.38. The molecule has 0 N–H and O–H groups in total. The summed E-state index contributed by atoms with van der Waals surface area (Å²) >= 11 is 1.36. The van der Waals surface area contributed by atoms with Crippen molar-refractivity contribution in [1.82, 2.24) is 4.98 Å². The molecule has 0 fully saturated rings. The third-order valence-corrected chi connectivity index (χ3v) is 4.13. The summed E-state index contributed by atoms with van der Waals surface area (Å²) in [6, 6.07) is 7.78. The fourth-order valence-corrected chi connectivity index (χ4v) is 2.83. The Bertz CT molecular complexity index is 632. The molecule has 0 atom stereocenters. The number of ether oxygens (including phenoxy) is 2. The van der Waals surface area contributed by atoms with Crippen LogP contribution in [-0.2, 0) is 4.74 Å². The number of thiazole rings is 1. The third-order valence-electron chi connectivity index (χ3n) is 2.94. The Morgan fingerprint density at radius 3 is 2.55 bits per heavy atom. The molecule has 0 aliphatic carbocycles. The summed E-state index contributed by atoms with van der Waals surface area (Å²) in [6.45, 7) is 8.92. The molecule has 5 heteroatoms. The molecule has 0 unspecified atom stereocenters. The number of carbonyl (C=O) groups excluding carboxylic acids is 1. The van der Waals surface area contributed by atoms with Gasteiger partial charge in [-0.2, -0.15) is 0 Å². The summed E-state index contributed by atoms with van der Waals surface area (Å²) in [6.07, 6.45) is 0. The van der Waals surface area contributed by atoms with Crippen molar-refractivity contribution in [3.05, 3.63) is 34.8 Å². The van der Waals surface area contributed by atoms with Gasteiger partial charge in [-0.15, -0.1) is 11.3 Å². The first kappa shape index (κ1) is 16.5. The number of aryl methyl sites for hydroxylation is 1. The van der Waals surface area contributed by atoms with Crippen LogP contribution in [0.4, 0.5) is 0 Å². The second-order valence-corrected chi connectivity index (χ2v) is 6.38. The fourth-order valence-electron chi connectivity index (χ4n) is 1.86. The van der Waals surface area contributed by atoms with Gasteiger partial charge in [0, 0.05) is 5.56 Å². The van der Waals surface area contributed by atoms with E-state index >= 15 is 0 Å². The van der Waals surface area contributed by atoms with Crippen LogP contribution in [0, 0.1) is 12.8 Å². The molecular formula is C17H21NO3S. The zero-order valence-corrected chi connectivity index (χ0v) is 14.2. The van der Waals surface area contributed by atoms with Crippen molar-refractivity contribution in [1.29, 1.82) is 0 Å². The minimum absolute atomic E-state index is 0.305. The lowest BCUT2D eigenvalue weighted by Gasteiger charge is -2.08. The predicted octanol–water partition coefficient (Wildman–Crippen LogP) is 4.33. The number of hydrogen-bond donors (Lipinski definition) is 0. The van der Waals surface area contributed by atoms with Gasteiger partial charge in [0.15, 0.2) is 0 Å². The molecule has 0 saturated carbocycles. The number of esters is 1. The van der Waals surface area contributed by atoms with Gasteiger partial charge in [0.25, 0.3) is 0 Å². The minimum Gasteiger partial charge on any atom is -0.493 e. The topological polar surface area (TPSA) is 48.4 Å². The van der Waals surface area contributed by atoms with Crippen molar-refractivity contribution in [2.45, 2.75) is 27.7 Å². The molecule has 0 aliphatic heterocycles. The lowest BCUT2D eigenvalue weighted by molar-refractivity contribution is 0.0531. The molecule has 0 aliphatic rings. The Morgan fingerprint density at radius 1 is 1.27 bits per heavy atom. The summed E-state index contributed by atoms with van der Waals surface area (Å²) in [5.41, 5.74) is 1.68. The molecule has 2 rings (SSSR count). The van der Waals surface area contributed by atoms with E-state index in [4.69, 9.17) is 9.47 Å². The highest BCUT2D eigenvalue weighted by Gasteiger charge is 2.17. The summed E-state index contributed by atoms with van der Waals surface area (Å²) in [5.74, 6) is 1.03. The van der Waals surface area contributed by atoms with Gasteiger partial charge in [0.2, 0.25) is 0 Å². The molecule has 2 aromatic rings. The molecule has 1 aromatic carbocycles. The van der Waals surface area contributed by atoms with Crippen LogP contribution in [0.5, 0.6) is 5.75 Å². The van der Waals surface area contributed by atoms with Gasteiger partial charge >= 0.3 is 5.97 Å². The highest BCUT2D eigenvalue weighted by Crippen LogP contribution is 2.29. The summed E-state index contributed by atoms with van der Waals surface area (Å²) in [7, 11) is 0. The molecule has 118 valence electrons. The quantitative estimate of drug-likeness (QED) is 0.744. The zero-order valence-electron chi connectivity index (χ0n) is 13.4. The Kier molecular flexibility index (Phi) is 5.55. The molecule has 0 spiro atoms. The van der Waals surface area contributed by atoms with Crippen molar-refractivity contribution in [2.75, 3.05) is 13.2 Å². The van der Waals surface area contributed by atoms with E-state index in [1.54, 1.807) is 6.92 Å². The molecular weight excluding hydrogens is 298 g/mol. The highest BCUT2D eigenvalue weighted by atomic mass is 32.1. The largest absolute Gasteiger partial charge is 0.493 e. The first-order valence-corrected chi connectivity index (χ1v) is 8.20. The van der Waals surface area contributed by atoms with E-state index in [1.807, 2.05) is 31.2 Å². The maximum Gasteiger partial charge on any atom is 0.350 e. The van der Waals surface area contributed by atoms with E-state index in [9.17, 15) is 4.79 Å². The number of nitrogens with zero attached hydrogens (tertiary/aromatic N) is 1. The number of aromatic nitrogens is 1. The Balaban J connectivity index is 2.15. The average Bonchev–Trinajstić information content (AvgIpc) is 2.88. The van der Waals surface area contributed by atoms with Crippen LogP contribution in [-0.4, -0.2) is 24.2 Å². The number of benzene rings is 1. The van der Waals surface area contributed by atoms with E-state index in [2.05, 4.69) is 18.8 Å². The van der Waals surface area contributed by atoms with Crippen molar-refractivity contribution in [3.63, 3.8) is 0 Å². The van der Waals surface area contributed by atoms with Crippen LogP contribution in [0.1, 0.15) is 36.1 Å². The Morgan fingerprint density at radius 2 is 1.95 bits per heavy atom. The van der Waals surface area contributed by atoms with Gasteiger partial charge in [-0.05, 0) is 44.0 Å². The van der Waals surface area contributed by atoms with Gasteiger partial charge in [-0.1, -0.05) is 13.8 Å². The molecule has 4 nitrogen and oxygen atoms in total. The van der Waals surface area contributed by atoms with Crippen LogP contribution in [0.15, 0.2) is 24.3 Å². The van der Waals surface area contributed by atoms with Crippen LogP contribution in [0.25, 0.3) is 10.6 Å². The van der Waals surface area contributed by atoms with E-state index in [0.29, 0.717) is 29.7 Å². The van der Waals surface area contributed by atoms with Crippen LogP contribution < -0.4 is 4.74 Å². The third kappa shape index (κ3) is 4.07. The second kappa shape index (κ2) is 7.40. The van der Waals surface area contributed by atoms with Crippen molar-refractivity contribution in [2.24, 2.45) is 5.92 Å². The molecule has 1 heterocycles. The first-order chi connectivity index (χ1) is 10.5. The van der Waals surface area contributed by atoms with Crippen LogP contribution >= 0.6 is 11.3 Å². The van der Waals surface area contributed by atoms with Gasteiger partial charge in [0.1, 0.15) is 15.6 Å². The smallest absolute Gasteiger partial charge is 0.350 e. The van der Waals surface area contributed by atoms with Gasteiger partial charge in [-0.25, -0.2) is 9.78 Å². The first-order valence-electron chi connectivity index (χ1n) is 7.39. The normalized spacial score (nSPS) is 10.8. The SMILES string of the molecule is CCOC(=O)c1sc(-c2ccc(OCC(C)C)cc2)nc1C. The maximum atomic E-state index is 11.8. The lowest BCUT2D eigenvalue weighted by atomic mass is 10.2. The van der Waals surface area contributed by atoms with Gasteiger partial charge in [-0.3, -0.25) is 0 Å². The van der Waals surface area contributed by atoms with E-state index in [-0.39, 0.29) is 5.97 Å². The summed E-state index contributed by atoms with van der Waals surface area (Å²) in [5, 5.41) is 0.816. The minimum atomic E-state index is -0.305. The molecule has 0 radical (unpaired) electrons. The van der Waals surface area contributed by atoms with Gasteiger partial charge in [0.05, 0.1) is 18.9 Å². The fraction of sp³-hybridized carbons (Fsp3) is 0.412. The average molecular weight is 319 g/mol. The maximum absolute atomic E-state index is 11.8. The number of hydrogen-bond acceptors (Lipinski definition) is 5. The number of rotatable bonds is 6. The zero-order chi connectivity index (χ0) is 16.1. The summed E-state index contributed by atoms with van der Waals surface area (Å²) < 4.78 is 10.7. The van der Waals surface area contributed by atoms with Crippen LogP contribution in [0.2, 0.25) is 0 Å². The Hall–Kier alpha value is -1.88. The van der Waals surface area contributed by atoms with Crippen molar-refractivity contribution in [3.8, 4) is 16.3 Å². The van der Waals surface area contributed by atoms with E-state index in [0.717, 1.165) is 16.3 Å². The monoisotopic (exact) mass is 319 g/mol. The molecule has 1 aromatic heterocycles. The van der Waals surface area contributed by atoms with Gasteiger partial charge < -0.3 is 9.47 Å². The van der Waals surface area contributed by atoms with E-state index < -0.39 is 0 Å². The van der Waals surface area contributed by atoms with Crippen molar-refractivity contribution >= 4 is 17.3 Å². The highest BCUT2D eigenvalue weighted by molar-refractivity contribution is 7.17. The number of carbonyl (C=O) groups is 1.